The highest BCUT2D eigenvalue weighted by molar-refractivity contribution is 14.1. The molecule has 19 heavy (non-hydrogen) atoms. The topological polar surface area (TPSA) is 61.3 Å². The van der Waals surface area contributed by atoms with Gasteiger partial charge in [0.2, 0.25) is 5.88 Å². The van der Waals surface area contributed by atoms with Crippen molar-refractivity contribution in [3.63, 3.8) is 0 Å². The smallest absolute Gasteiger partial charge is 0.344 e. The molecule has 0 aliphatic heterocycles. The van der Waals surface area contributed by atoms with Crippen molar-refractivity contribution in [2.45, 2.75) is 6.92 Å². The van der Waals surface area contributed by atoms with Crippen LogP contribution in [0.15, 0.2) is 30.3 Å². The maximum atomic E-state index is 11.9. The standard InChI is InChI=1S/C13H11IN2O3/c1-8-7-11(16-13(15-8)18-2)19-12(17)9-3-5-10(14)6-4-9/h3-7H,1-2H3. The Bertz CT molecular complexity index is 599. The normalized spacial score (nSPS) is 10.1. The Balaban J connectivity index is 2.18. The number of esters is 1. The molecular weight excluding hydrogens is 359 g/mol. The van der Waals surface area contributed by atoms with E-state index in [0.717, 1.165) is 3.57 Å². The SMILES string of the molecule is COc1nc(C)cc(OC(=O)c2ccc(I)cc2)n1. The van der Waals surface area contributed by atoms with Gasteiger partial charge in [-0.15, -0.1) is 0 Å². The third kappa shape index (κ3) is 3.63. The number of carbonyl (C=O) groups is 1. The number of rotatable bonds is 3. The molecular formula is C13H11IN2O3. The van der Waals surface area contributed by atoms with E-state index in [1.165, 1.54) is 7.11 Å². The minimum atomic E-state index is -0.462. The molecule has 0 amide bonds. The Hall–Kier alpha value is -1.70. The van der Waals surface area contributed by atoms with E-state index >= 15 is 0 Å². The summed E-state index contributed by atoms with van der Waals surface area (Å²) in [5.74, 6) is -0.288. The van der Waals surface area contributed by atoms with Crippen molar-refractivity contribution in [2.75, 3.05) is 7.11 Å². The van der Waals surface area contributed by atoms with Gasteiger partial charge < -0.3 is 9.47 Å². The van der Waals surface area contributed by atoms with Gasteiger partial charge in [0.1, 0.15) is 0 Å². The molecule has 1 aromatic heterocycles. The van der Waals surface area contributed by atoms with Crippen molar-refractivity contribution >= 4 is 28.6 Å². The van der Waals surface area contributed by atoms with E-state index in [1.54, 1.807) is 25.1 Å². The first kappa shape index (κ1) is 13.7. The fraction of sp³-hybridized carbons (Fsp3) is 0.154. The van der Waals surface area contributed by atoms with Gasteiger partial charge in [0.15, 0.2) is 0 Å². The van der Waals surface area contributed by atoms with Gasteiger partial charge in [0.25, 0.3) is 0 Å². The van der Waals surface area contributed by atoms with Crippen LogP contribution in [0.4, 0.5) is 0 Å². The molecule has 0 atom stereocenters. The third-order valence-electron chi connectivity index (χ3n) is 2.27. The molecule has 0 unspecified atom stereocenters. The van der Waals surface area contributed by atoms with Crippen molar-refractivity contribution in [1.29, 1.82) is 0 Å². The first-order valence-electron chi connectivity index (χ1n) is 5.46. The van der Waals surface area contributed by atoms with Gasteiger partial charge in [-0.2, -0.15) is 4.98 Å². The number of hydrogen-bond acceptors (Lipinski definition) is 5. The Kier molecular flexibility index (Phi) is 4.31. The molecule has 0 bridgehead atoms. The van der Waals surface area contributed by atoms with E-state index < -0.39 is 5.97 Å². The van der Waals surface area contributed by atoms with E-state index in [9.17, 15) is 4.79 Å². The van der Waals surface area contributed by atoms with Crippen LogP contribution in [-0.4, -0.2) is 23.0 Å². The molecule has 98 valence electrons. The average molecular weight is 370 g/mol. The lowest BCUT2D eigenvalue weighted by Crippen LogP contribution is -2.10. The molecule has 2 rings (SSSR count). The minimum Gasteiger partial charge on any atom is -0.467 e. The second kappa shape index (κ2) is 5.96. The maximum Gasteiger partial charge on any atom is 0.344 e. The van der Waals surface area contributed by atoms with Crippen molar-refractivity contribution in [3.8, 4) is 11.9 Å². The fourth-order valence-corrected chi connectivity index (χ4v) is 1.76. The highest BCUT2D eigenvalue weighted by atomic mass is 127. The Morgan fingerprint density at radius 2 is 1.89 bits per heavy atom. The van der Waals surface area contributed by atoms with Crippen LogP contribution < -0.4 is 9.47 Å². The number of aryl methyl sites for hydroxylation is 1. The van der Waals surface area contributed by atoms with Crippen LogP contribution in [0.3, 0.4) is 0 Å². The predicted molar refractivity (Wildman–Crippen MR) is 77.4 cm³/mol. The van der Waals surface area contributed by atoms with Crippen LogP contribution in [0.5, 0.6) is 11.9 Å². The summed E-state index contributed by atoms with van der Waals surface area (Å²) in [6.07, 6.45) is 0. The molecule has 5 nitrogen and oxygen atoms in total. The lowest BCUT2D eigenvalue weighted by Gasteiger charge is -2.05. The summed E-state index contributed by atoms with van der Waals surface area (Å²) in [6, 6.07) is 8.83. The average Bonchev–Trinajstić information content (AvgIpc) is 2.38. The summed E-state index contributed by atoms with van der Waals surface area (Å²) in [5, 5.41) is 0. The van der Waals surface area contributed by atoms with Gasteiger partial charge in [-0.3, -0.25) is 0 Å². The second-order valence-electron chi connectivity index (χ2n) is 3.73. The summed E-state index contributed by atoms with van der Waals surface area (Å²) < 4.78 is 11.2. The zero-order valence-corrected chi connectivity index (χ0v) is 12.5. The van der Waals surface area contributed by atoms with E-state index in [1.807, 2.05) is 12.1 Å². The van der Waals surface area contributed by atoms with Gasteiger partial charge >= 0.3 is 12.0 Å². The quantitative estimate of drug-likeness (QED) is 0.614. The number of ether oxygens (including phenoxy) is 2. The van der Waals surface area contributed by atoms with E-state index in [2.05, 4.69) is 32.6 Å². The molecule has 1 aromatic carbocycles. The third-order valence-corrected chi connectivity index (χ3v) is 2.99. The molecule has 0 saturated carbocycles. The van der Waals surface area contributed by atoms with Crippen LogP contribution in [0.1, 0.15) is 16.1 Å². The highest BCUT2D eigenvalue weighted by Gasteiger charge is 2.11. The predicted octanol–water partition coefficient (Wildman–Crippen LogP) is 2.62. The fourth-order valence-electron chi connectivity index (χ4n) is 1.40. The van der Waals surface area contributed by atoms with Crippen molar-refractivity contribution in [2.24, 2.45) is 0 Å². The summed E-state index contributed by atoms with van der Waals surface area (Å²) >= 11 is 2.17. The summed E-state index contributed by atoms with van der Waals surface area (Å²) in [5.41, 5.74) is 1.13. The van der Waals surface area contributed by atoms with Gasteiger partial charge in [-0.1, -0.05) is 0 Å². The van der Waals surface area contributed by atoms with E-state index in [-0.39, 0.29) is 11.9 Å². The lowest BCUT2D eigenvalue weighted by molar-refractivity contribution is 0.0726. The van der Waals surface area contributed by atoms with Crippen LogP contribution >= 0.6 is 22.6 Å². The first-order valence-corrected chi connectivity index (χ1v) is 6.54. The Labute approximate surface area is 124 Å². The first-order chi connectivity index (χ1) is 9.08. The molecule has 1 heterocycles. The Morgan fingerprint density at radius 3 is 2.53 bits per heavy atom. The van der Waals surface area contributed by atoms with Crippen LogP contribution in [0, 0.1) is 10.5 Å². The van der Waals surface area contributed by atoms with Gasteiger partial charge in [0.05, 0.1) is 12.7 Å². The van der Waals surface area contributed by atoms with E-state index in [4.69, 9.17) is 9.47 Å². The molecule has 0 spiro atoms. The summed E-state index contributed by atoms with van der Waals surface area (Å²) in [6.45, 7) is 1.77. The van der Waals surface area contributed by atoms with Crippen molar-refractivity contribution in [3.05, 3.63) is 45.2 Å². The number of aromatic nitrogens is 2. The molecule has 0 radical (unpaired) electrons. The van der Waals surface area contributed by atoms with Crippen molar-refractivity contribution in [1.82, 2.24) is 9.97 Å². The maximum absolute atomic E-state index is 11.9. The zero-order valence-electron chi connectivity index (χ0n) is 10.4. The van der Waals surface area contributed by atoms with Gasteiger partial charge in [-0.05, 0) is 53.8 Å². The zero-order chi connectivity index (χ0) is 13.8. The molecule has 0 aliphatic carbocycles. The number of methoxy groups -OCH3 is 1. The Morgan fingerprint density at radius 1 is 1.21 bits per heavy atom. The second-order valence-corrected chi connectivity index (χ2v) is 4.98. The summed E-state index contributed by atoms with van der Waals surface area (Å²) in [4.78, 5) is 19.9. The van der Waals surface area contributed by atoms with Crippen molar-refractivity contribution < 1.29 is 14.3 Å². The number of carbonyl (C=O) groups excluding carboxylic acids is 1. The molecule has 0 fully saturated rings. The number of hydrogen-bond donors (Lipinski definition) is 0. The van der Waals surface area contributed by atoms with Crippen LogP contribution in [-0.2, 0) is 0 Å². The minimum absolute atomic E-state index is 0.172. The van der Waals surface area contributed by atoms with Gasteiger partial charge in [0, 0.05) is 15.3 Å². The van der Waals surface area contributed by atoms with Crippen LogP contribution in [0.25, 0.3) is 0 Å². The molecule has 0 N–H and O–H groups in total. The number of halogens is 1. The lowest BCUT2D eigenvalue weighted by atomic mass is 10.2. The highest BCUT2D eigenvalue weighted by Crippen LogP contribution is 2.15. The van der Waals surface area contributed by atoms with Gasteiger partial charge in [-0.25, -0.2) is 9.78 Å². The molecule has 0 saturated heterocycles. The van der Waals surface area contributed by atoms with Crippen LogP contribution in [0.2, 0.25) is 0 Å². The molecule has 0 aliphatic rings. The van der Waals surface area contributed by atoms with E-state index in [0.29, 0.717) is 11.3 Å². The largest absolute Gasteiger partial charge is 0.467 e. The summed E-state index contributed by atoms with van der Waals surface area (Å²) in [7, 11) is 1.46. The number of benzene rings is 1. The number of nitrogens with zero attached hydrogens (tertiary/aromatic N) is 2. The molecule has 6 heteroatoms. The molecule has 2 aromatic rings. The monoisotopic (exact) mass is 370 g/mol.